The number of furan rings is 2. The summed E-state index contributed by atoms with van der Waals surface area (Å²) in [5, 5.41) is 3.25. The molecule has 0 bridgehead atoms. The second kappa shape index (κ2) is 5.67. The van der Waals surface area contributed by atoms with E-state index in [2.05, 4.69) is 5.32 Å². The summed E-state index contributed by atoms with van der Waals surface area (Å²) in [6, 6.07) is 7.21. The number of hydrogen-bond acceptors (Lipinski definition) is 5. The Morgan fingerprint density at radius 1 is 1.29 bits per heavy atom. The van der Waals surface area contributed by atoms with Gasteiger partial charge in [0, 0.05) is 13.1 Å². The third-order valence-electron chi connectivity index (χ3n) is 3.40. The van der Waals surface area contributed by atoms with E-state index >= 15 is 0 Å². The normalized spacial score (nSPS) is 15.7. The zero-order valence-corrected chi connectivity index (χ0v) is 12.6. The van der Waals surface area contributed by atoms with Crippen LogP contribution >= 0.6 is 0 Å². The monoisotopic (exact) mass is 310 g/mol. The maximum absolute atomic E-state index is 12.4. The Hall–Kier alpha value is -1.57. The first kappa shape index (κ1) is 14.4. The topological polar surface area (TPSA) is 75.7 Å². The highest BCUT2D eigenvalue weighted by Crippen LogP contribution is 2.22. The van der Waals surface area contributed by atoms with Crippen LogP contribution < -0.4 is 5.32 Å². The Balaban J connectivity index is 1.68. The van der Waals surface area contributed by atoms with Crippen LogP contribution in [0.4, 0.5) is 0 Å². The number of sulfonamides is 1. The smallest absolute Gasteiger partial charge is 0.276 e. The molecule has 0 aromatic carbocycles. The van der Waals surface area contributed by atoms with Gasteiger partial charge < -0.3 is 14.2 Å². The van der Waals surface area contributed by atoms with Crippen molar-refractivity contribution < 1.29 is 17.3 Å². The van der Waals surface area contributed by atoms with Gasteiger partial charge in [-0.1, -0.05) is 0 Å². The van der Waals surface area contributed by atoms with Crippen molar-refractivity contribution in [2.24, 2.45) is 0 Å². The molecule has 21 heavy (non-hydrogen) atoms. The highest BCUT2D eigenvalue weighted by atomic mass is 32.2. The molecule has 7 heteroatoms. The van der Waals surface area contributed by atoms with Crippen molar-refractivity contribution in [1.82, 2.24) is 9.62 Å². The van der Waals surface area contributed by atoms with Crippen LogP contribution in [-0.4, -0.2) is 25.8 Å². The third-order valence-corrected chi connectivity index (χ3v) is 5.08. The fourth-order valence-corrected chi connectivity index (χ4v) is 3.04. The maximum Gasteiger partial charge on any atom is 0.276 e. The Morgan fingerprint density at radius 2 is 2.10 bits per heavy atom. The second-order valence-corrected chi connectivity index (χ2v) is 7.19. The molecule has 1 N–H and O–H groups in total. The fraction of sp³-hybridized carbons (Fsp3) is 0.429. The van der Waals surface area contributed by atoms with Crippen molar-refractivity contribution in [3.8, 4) is 0 Å². The molecule has 114 valence electrons. The molecule has 0 unspecified atom stereocenters. The Labute approximate surface area is 123 Å². The summed E-state index contributed by atoms with van der Waals surface area (Å²) in [6.07, 6.45) is 3.87. The van der Waals surface area contributed by atoms with Gasteiger partial charge in [0.25, 0.3) is 10.0 Å². The highest BCUT2D eigenvalue weighted by molar-refractivity contribution is 7.88. The molecule has 1 fully saturated rings. The summed E-state index contributed by atoms with van der Waals surface area (Å²) in [5.74, 6) is 1.22. The molecule has 2 heterocycles. The van der Waals surface area contributed by atoms with Crippen molar-refractivity contribution in [2.45, 2.75) is 37.1 Å². The van der Waals surface area contributed by atoms with Crippen LogP contribution in [0.2, 0.25) is 0 Å². The van der Waals surface area contributed by atoms with Crippen molar-refractivity contribution in [1.29, 1.82) is 0 Å². The van der Waals surface area contributed by atoms with Gasteiger partial charge >= 0.3 is 0 Å². The van der Waals surface area contributed by atoms with Gasteiger partial charge in [0.2, 0.25) is 5.09 Å². The molecule has 1 saturated carbocycles. The zero-order valence-electron chi connectivity index (χ0n) is 11.8. The van der Waals surface area contributed by atoms with Crippen molar-refractivity contribution in [2.75, 3.05) is 7.05 Å². The van der Waals surface area contributed by atoms with Gasteiger partial charge in [-0.25, -0.2) is 8.42 Å². The molecule has 0 amide bonds. The van der Waals surface area contributed by atoms with E-state index in [1.54, 1.807) is 18.2 Å². The van der Waals surface area contributed by atoms with E-state index in [0.717, 1.165) is 0 Å². The van der Waals surface area contributed by atoms with E-state index in [-0.39, 0.29) is 11.6 Å². The van der Waals surface area contributed by atoms with E-state index in [9.17, 15) is 8.42 Å². The summed E-state index contributed by atoms with van der Waals surface area (Å²) >= 11 is 0. The van der Waals surface area contributed by atoms with Gasteiger partial charge in [-0.05, 0) is 37.1 Å². The van der Waals surface area contributed by atoms with Gasteiger partial charge in [0.05, 0.1) is 19.4 Å². The molecule has 2 aromatic heterocycles. The quantitative estimate of drug-likeness (QED) is 0.846. The van der Waals surface area contributed by atoms with Crippen LogP contribution in [-0.2, 0) is 23.1 Å². The number of nitrogens with one attached hydrogen (secondary N) is 1. The lowest BCUT2D eigenvalue weighted by molar-refractivity contribution is 0.365. The minimum atomic E-state index is -3.64. The van der Waals surface area contributed by atoms with Crippen LogP contribution in [0, 0.1) is 0 Å². The van der Waals surface area contributed by atoms with Gasteiger partial charge in [-0.15, -0.1) is 0 Å². The van der Waals surface area contributed by atoms with Gasteiger partial charge in [0.15, 0.2) is 0 Å². The molecule has 3 rings (SSSR count). The standard InChI is InChI=1S/C14H18N2O4S/c1-16(10-13-3-2-8-19-13)21(17,18)14-7-6-12(20-14)9-15-11-4-5-11/h2-3,6-8,11,15H,4-5,9-10H2,1H3. The lowest BCUT2D eigenvalue weighted by atomic mass is 10.4. The highest BCUT2D eigenvalue weighted by Gasteiger charge is 2.26. The van der Waals surface area contributed by atoms with Crippen LogP contribution in [0.1, 0.15) is 24.4 Å². The Kier molecular flexibility index (Phi) is 3.88. The van der Waals surface area contributed by atoms with Crippen molar-refractivity contribution >= 4 is 10.0 Å². The summed E-state index contributed by atoms with van der Waals surface area (Å²) in [6.45, 7) is 0.730. The van der Waals surface area contributed by atoms with Crippen molar-refractivity contribution in [3.63, 3.8) is 0 Å². The minimum Gasteiger partial charge on any atom is -0.468 e. The molecule has 1 aliphatic carbocycles. The van der Waals surface area contributed by atoms with Crippen LogP contribution in [0.15, 0.2) is 44.5 Å². The van der Waals surface area contributed by atoms with E-state index < -0.39 is 10.0 Å². The average Bonchev–Trinajstić information content (AvgIpc) is 2.93. The Morgan fingerprint density at radius 3 is 2.76 bits per heavy atom. The van der Waals surface area contributed by atoms with Crippen molar-refractivity contribution in [3.05, 3.63) is 42.0 Å². The molecule has 1 aliphatic rings. The zero-order chi connectivity index (χ0) is 14.9. The van der Waals surface area contributed by atoms with E-state index in [4.69, 9.17) is 8.83 Å². The molecule has 2 aromatic rings. The van der Waals surface area contributed by atoms with E-state index in [0.29, 0.717) is 24.1 Å². The fourth-order valence-electron chi connectivity index (χ4n) is 1.98. The molecule has 0 spiro atoms. The largest absolute Gasteiger partial charge is 0.468 e. The predicted octanol–water partition coefficient (Wildman–Crippen LogP) is 1.95. The maximum atomic E-state index is 12.4. The molecule has 0 atom stereocenters. The molecular weight excluding hydrogens is 292 g/mol. The summed E-state index contributed by atoms with van der Waals surface area (Å²) in [4.78, 5) is 0. The lowest BCUT2D eigenvalue weighted by Gasteiger charge is -2.13. The molecule has 6 nitrogen and oxygen atoms in total. The van der Waals surface area contributed by atoms with Crippen LogP contribution in [0.3, 0.4) is 0 Å². The first-order valence-electron chi connectivity index (χ1n) is 6.86. The summed E-state index contributed by atoms with van der Waals surface area (Å²) in [7, 11) is -2.14. The number of rotatable bonds is 7. The third kappa shape index (κ3) is 3.37. The SMILES string of the molecule is CN(Cc1ccco1)S(=O)(=O)c1ccc(CNC2CC2)o1. The lowest BCUT2D eigenvalue weighted by Crippen LogP contribution is -2.26. The van der Waals surface area contributed by atoms with E-state index in [1.807, 2.05) is 0 Å². The van der Waals surface area contributed by atoms with Gasteiger partial charge in [-0.3, -0.25) is 0 Å². The van der Waals surface area contributed by atoms with Gasteiger partial charge in [-0.2, -0.15) is 4.31 Å². The predicted molar refractivity (Wildman–Crippen MR) is 75.9 cm³/mol. The van der Waals surface area contributed by atoms with Gasteiger partial charge in [0.1, 0.15) is 11.5 Å². The molecule has 0 radical (unpaired) electrons. The molecular formula is C14H18N2O4S. The minimum absolute atomic E-state index is 0.0378. The Bertz CT molecular complexity index is 686. The molecule has 0 aliphatic heterocycles. The molecule has 0 saturated heterocycles. The van der Waals surface area contributed by atoms with Crippen LogP contribution in [0.5, 0.6) is 0 Å². The first-order valence-corrected chi connectivity index (χ1v) is 8.30. The summed E-state index contributed by atoms with van der Waals surface area (Å²) in [5.41, 5.74) is 0. The van der Waals surface area contributed by atoms with E-state index in [1.165, 1.54) is 36.5 Å². The van der Waals surface area contributed by atoms with Crippen LogP contribution in [0.25, 0.3) is 0 Å². The number of hydrogen-bond donors (Lipinski definition) is 1. The first-order chi connectivity index (χ1) is 10.1. The second-order valence-electron chi connectivity index (χ2n) is 5.22. The summed E-state index contributed by atoms with van der Waals surface area (Å²) < 4.78 is 36.6. The number of nitrogens with zero attached hydrogens (tertiary/aromatic N) is 1. The average molecular weight is 310 g/mol.